The molecule has 0 fully saturated rings. The number of ether oxygens (including phenoxy) is 2. The van der Waals surface area contributed by atoms with Gasteiger partial charge in [-0.2, -0.15) is 0 Å². The summed E-state index contributed by atoms with van der Waals surface area (Å²) in [6.07, 6.45) is 53.0. The molecular weight excluding hydrogens is 758 g/mol. The SMILES string of the molecule is CCCCC/C=C\C/C=C\C/C=C\C/C=C\CCCC(=O)O[C@H](COCCCCCCCCCCCCCCCCCCCCCC)COP(=O)(O)OCC[N+](C)(C)C. The van der Waals surface area contributed by atoms with Crippen LogP contribution in [-0.2, 0) is 27.9 Å². The number of likely N-dealkylation sites (N-methyl/N-ethyl adjacent to an activating group) is 1. The van der Waals surface area contributed by atoms with Crippen LogP contribution in [0.15, 0.2) is 48.6 Å². The van der Waals surface area contributed by atoms with Crippen LogP contribution in [0.5, 0.6) is 0 Å². The normalized spacial score (nSPS) is 14.1. The van der Waals surface area contributed by atoms with Gasteiger partial charge in [-0.25, -0.2) is 4.57 Å². The molecule has 0 amide bonds. The molecule has 0 aliphatic heterocycles. The van der Waals surface area contributed by atoms with Crippen molar-refractivity contribution >= 4 is 13.8 Å². The van der Waals surface area contributed by atoms with Crippen molar-refractivity contribution in [3.05, 3.63) is 48.6 Å². The third-order valence-electron chi connectivity index (χ3n) is 10.4. The summed E-state index contributed by atoms with van der Waals surface area (Å²) in [5, 5.41) is 0. The van der Waals surface area contributed by atoms with Crippen molar-refractivity contribution in [2.24, 2.45) is 0 Å². The first-order chi connectivity index (χ1) is 28.6. The predicted molar refractivity (Wildman–Crippen MR) is 252 cm³/mol. The molecule has 0 rings (SSSR count). The van der Waals surface area contributed by atoms with Gasteiger partial charge in [0.25, 0.3) is 0 Å². The Morgan fingerprint density at radius 1 is 0.525 bits per heavy atom. The van der Waals surface area contributed by atoms with Gasteiger partial charge in [0.15, 0.2) is 0 Å². The van der Waals surface area contributed by atoms with E-state index >= 15 is 0 Å². The van der Waals surface area contributed by atoms with Crippen LogP contribution >= 0.6 is 7.82 Å². The standard InChI is InChI=1S/C50H94NO7P/c1-6-8-10-12-14-16-18-20-22-24-25-26-28-30-32-34-36-38-40-42-45-55-47-49(48-57-59(53,54)56-46-44-51(3,4)5)58-50(52)43-41-39-37-35-33-31-29-27-23-21-19-17-15-13-11-9-7-2/h15,17,21,23,29,31,35,37,49H,6-14,16,18-20,22,24-28,30,32-34,36,38-48H2,1-5H3/p+1/b17-15-,23-21-,31-29-,37-35-/t49-/m1/s1. The summed E-state index contributed by atoms with van der Waals surface area (Å²) in [6.45, 7) is 5.55. The smallest absolute Gasteiger partial charge is 0.457 e. The van der Waals surface area contributed by atoms with E-state index < -0.39 is 13.9 Å². The van der Waals surface area contributed by atoms with Gasteiger partial charge >= 0.3 is 13.8 Å². The largest absolute Gasteiger partial charge is 0.472 e. The number of carbonyl (C=O) groups excluding carboxylic acids is 1. The zero-order valence-electron chi connectivity index (χ0n) is 39.2. The molecule has 0 aromatic rings. The number of allylic oxidation sites excluding steroid dienone is 8. The van der Waals surface area contributed by atoms with Crippen LogP contribution < -0.4 is 0 Å². The topological polar surface area (TPSA) is 91.3 Å². The number of nitrogens with zero attached hydrogens (tertiary/aromatic N) is 1. The Morgan fingerprint density at radius 2 is 0.932 bits per heavy atom. The summed E-state index contributed by atoms with van der Waals surface area (Å²) in [4.78, 5) is 22.9. The van der Waals surface area contributed by atoms with Crippen LogP contribution in [0, 0.1) is 0 Å². The number of hydrogen-bond acceptors (Lipinski definition) is 6. The molecule has 346 valence electrons. The van der Waals surface area contributed by atoms with E-state index in [0.717, 1.165) is 38.5 Å². The van der Waals surface area contributed by atoms with Crippen molar-refractivity contribution in [3.63, 3.8) is 0 Å². The van der Waals surface area contributed by atoms with Gasteiger partial charge in [-0.3, -0.25) is 13.8 Å². The maximum absolute atomic E-state index is 12.7. The molecule has 0 aromatic carbocycles. The third kappa shape index (κ3) is 47.4. The Morgan fingerprint density at radius 3 is 1.39 bits per heavy atom. The summed E-state index contributed by atoms with van der Waals surface area (Å²) in [5.41, 5.74) is 0. The van der Waals surface area contributed by atoms with E-state index in [1.165, 1.54) is 141 Å². The molecule has 59 heavy (non-hydrogen) atoms. The van der Waals surface area contributed by atoms with Crippen molar-refractivity contribution in [1.82, 2.24) is 0 Å². The Hall–Kier alpha value is -1.54. The maximum Gasteiger partial charge on any atom is 0.472 e. The van der Waals surface area contributed by atoms with Gasteiger partial charge in [-0.15, -0.1) is 0 Å². The number of carbonyl (C=O) groups is 1. The molecule has 0 saturated carbocycles. The van der Waals surface area contributed by atoms with Gasteiger partial charge < -0.3 is 18.9 Å². The predicted octanol–water partition coefficient (Wildman–Crippen LogP) is 14.7. The average Bonchev–Trinajstić information content (AvgIpc) is 3.19. The fourth-order valence-corrected chi connectivity index (χ4v) is 7.35. The molecule has 2 atom stereocenters. The highest BCUT2D eigenvalue weighted by atomic mass is 31.2. The quantitative estimate of drug-likeness (QED) is 0.0214. The van der Waals surface area contributed by atoms with E-state index in [0.29, 0.717) is 24.1 Å². The number of hydrogen-bond donors (Lipinski definition) is 1. The van der Waals surface area contributed by atoms with Crippen molar-refractivity contribution in [2.45, 2.75) is 213 Å². The second-order valence-electron chi connectivity index (χ2n) is 17.5. The number of quaternary nitrogens is 1. The lowest BCUT2D eigenvalue weighted by Gasteiger charge is -2.24. The van der Waals surface area contributed by atoms with Crippen LogP contribution in [0.2, 0.25) is 0 Å². The highest BCUT2D eigenvalue weighted by Crippen LogP contribution is 2.43. The fraction of sp³-hybridized carbons (Fsp3) is 0.820. The van der Waals surface area contributed by atoms with Crippen molar-refractivity contribution in [2.75, 3.05) is 54.1 Å². The van der Waals surface area contributed by atoms with E-state index in [9.17, 15) is 14.3 Å². The van der Waals surface area contributed by atoms with Gasteiger partial charge in [0.1, 0.15) is 19.3 Å². The molecule has 0 aliphatic rings. The molecule has 9 heteroatoms. The molecule has 0 aliphatic carbocycles. The lowest BCUT2D eigenvalue weighted by molar-refractivity contribution is -0.870. The van der Waals surface area contributed by atoms with E-state index in [-0.39, 0.29) is 32.2 Å². The highest BCUT2D eigenvalue weighted by molar-refractivity contribution is 7.47. The summed E-state index contributed by atoms with van der Waals surface area (Å²) >= 11 is 0. The molecule has 1 N–H and O–H groups in total. The molecule has 0 radical (unpaired) electrons. The van der Waals surface area contributed by atoms with Crippen LogP contribution in [0.4, 0.5) is 0 Å². The second-order valence-corrected chi connectivity index (χ2v) is 19.0. The van der Waals surface area contributed by atoms with Gasteiger partial charge in [0.2, 0.25) is 0 Å². The second kappa shape index (κ2) is 43.1. The fourth-order valence-electron chi connectivity index (χ4n) is 6.60. The molecule has 1 unspecified atom stereocenters. The van der Waals surface area contributed by atoms with Gasteiger partial charge in [0.05, 0.1) is 34.4 Å². The van der Waals surface area contributed by atoms with E-state index in [1.807, 2.05) is 21.1 Å². The molecule has 0 spiro atoms. The maximum atomic E-state index is 12.7. The molecule has 0 aromatic heterocycles. The lowest BCUT2D eigenvalue weighted by atomic mass is 10.0. The van der Waals surface area contributed by atoms with E-state index in [2.05, 4.69) is 62.5 Å². The average molecular weight is 853 g/mol. The number of unbranched alkanes of at least 4 members (excludes halogenated alkanes) is 23. The molecular formula is C50H95NO7P+. The summed E-state index contributed by atoms with van der Waals surface area (Å²) in [7, 11) is 1.64. The Bertz CT molecular complexity index is 1080. The van der Waals surface area contributed by atoms with Gasteiger partial charge in [0, 0.05) is 13.0 Å². The van der Waals surface area contributed by atoms with Gasteiger partial charge in [-0.1, -0.05) is 197 Å². The number of rotatable bonds is 45. The zero-order valence-corrected chi connectivity index (χ0v) is 40.1. The van der Waals surface area contributed by atoms with Crippen LogP contribution in [0.25, 0.3) is 0 Å². The minimum atomic E-state index is -4.29. The number of phosphoric ester groups is 1. The first-order valence-corrected chi connectivity index (χ1v) is 25.9. The summed E-state index contributed by atoms with van der Waals surface area (Å²) < 4.78 is 35.0. The Balaban J connectivity index is 4.23. The van der Waals surface area contributed by atoms with Crippen molar-refractivity contribution in [1.29, 1.82) is 0 Å². The Kier molecular flexibility index (Phi) is 42.0. The first-order valence-electron chi connectivity index (χ1n) is 24.4. The summed E-state index contributed by atoms with van der Waals surface area (Å²) in [5.74, 6) is -0.365. The van der Waals surface area contributed by atoms with Gasteiger partial charge in [-0.05, 0) is 51.4 Å². The van der Waals surface area contributed by atoms with Crippen LogP contribution in [-0.4, -0.2) is 75.6 Å². The first kappa shape index (κ1) is 57.5. The van der Waals surface area contributed by atoms with E-state index in [4.69, 9.17) is 18.5 Å². The highest BCUT2D eigenvalue weighted by Gasteiger charge is 2.26. The zero-order chi connectivity index (χ0) is 43.4. The van der Waals surface area contributed by atoms with E-state index in [1.54, 1.807) is 0 Å². The molecule has 0 bridgehead atoms. The van der Waals surface area contributed by atoms with Crippen LogP contribution in [0.1, 0.15) is 206 Å². The van der Waals surface area contributed by atoms with Crippen LogP contribution in [0.3, 0.4) is 0 Å². The van der Waals surface area contributed by atoms with Crippen molar-refractivity contribution in [3.8, 4) is 0 Å². The minimum absolute atomic E-state index is 0.0785. The minimum Gasteiger partial charge on any atom is -0.457 e. The molecule has 0 saturated heterocycles. The summed E-state index contributed by atoms with van der Waals surface area (Å²) in [6, 6.07) is 0. The number of phosphoric acid groups is 1. The Labute approximate surface area is 365 Å². The van der Waals surface area contributed by atoms with Crippen molar-refractivity contribution < 1.29 is 37.3 Å². The monoisotopic (exact) mass is 853 g/mol. The molecule has 8 nitrogen and oxygen atoms in total. The third-order valence-corrected chi connectivity index (χ3v) is 11.4. The molecule has 0 heterocycles. The lowest BCUT2D eigenvalue weighted by Crippen LogP contribution is -2.37. The number of esters is 1.